The highest BCUT2D eigenvalue weighted by Crippen LogP contribution is 2.11. The van der Waals surface area contributed by atoms with Gasteiger partial charge in [-0.25, -0.2) is 4.39 Å². The van der Waals surface area contributed by atoms with Gasteiger partial charge in [-0.1, -0.05) is 6.07 Å². The van der Waals surface area contributed by atoms with Gasteiger partial charge in [0.05, 0.1) is 7.11 Å². The summed E-state index contributed by atoms with van der Waals surface area (Å²) in [5.41, 5.74) is 0.458. The fourth-order valence-electron chi connectivity index (χ4n) is 1.94. The van der Waals surface area contributed by atoms with E-state index in [9.17, 15) is 18.8 Å². The molecule has 0 aromatic heterocycles. The van der Waals surface area contributed by atoms with Gasteiger partial charge in [-0.3, -0.25) is 14.4 Å². The molecule has 0 fully saturated rings. The number of hydrogen-bond donors (Lipinski definition) is 1. The first-order chi connectivity index (χ1) is 12.0. The van der Waals surface area contributed by atoms with E-state index in [-0.39, 0.29) is 11.3 Å². The van der Waals surface area contributed by atoms with Gasteiger partial charge in [0, 0.05) is 11.1 Å². The molecule has 130 valence electrons. The van der Waals surface area contributed by atoms with Gasteiger partial charge in [0.15, 0.2) is 12.4 Å². The Kier molecular flexibility index (Phi) is 6.22. The Balaban J connectivity index is 1.78. The molecule has 0 saturated heterocycles. The SMILES string of the molecule is COc1ccc(C(=O)COC(=O)CNC(=O)c2cccc(F)c2)cc1. The van der Waals surface area contributed by atoms with Gasteiger partial charge in [0.2, 0.25) is 0 Å². The summed E-state index contributed by atoms with van der Waals surface area (Å²) < 4.78 is 22.8. The number of benzene rings is 2. The maximum Gasteiger partial charge on any atom is 0.325 e. The number of carbonyl (C=O) groups excluding carboxylic acids is 3. The van der Waals surface area contributed by atoms with Crippen molar-refractivity contribution in [3.05, 3.63) is 65.5 Å². The molecule has 0 bridgehead atoms. The molecule has 25 heavy (non-hydrogen) atoms. The molecule has 0 spiro atoms. The molecule has 0 aliphatic carbocycles. The Labute approximate surface area is 143 Å². The van der Waals surface area contributed by atoms with Crippen molar-refractivity contribution in [2.45, 2.75) is 0 Å². The van der Waals surface area contributed by atoms with Gasteiger partial charge in [-0.05, 0) is 42.5 Å². The van der Waals surface area contributed by atoms with Gasteiger partial charge >= 0.3 is 5.97 Å². The first-order valence-electron chi connectivity index (χ1n) is 7.36. The zero-order chi connectivity index (χ0) is 18.2. The van der Waals surface area contributed by atoms with Crippen LogP contribution in [0.3, 0.4) is 0 Å². The highest BCUT2D eigenvalue weighted by Gasteiger charge is 2.12. The number of Topliss-reactive ketones (excluding diaryl/α,β-unsaturated/α-hetero) is 1. The third kappa shape index (κ3) is 5.42. The summed E-state index contributed by atoms with van der Waals surface area (Å²) in [4.78, 5) is 35.3. The van der Waals surface area contributed by atoms with Crippen LogP contribution >= 0.6 is 0 Å². The molecule has 0 heterocycles. The molecular weight excluding hydrogens is 329 g/mol. The highest BCUT2D eigenvalue weighted by atomic mass is 19.1. The normalized spacial score (nSPS) is 10.0. The number of ether oxygens (including phenoxy) is 2. The number of carbonyl (C=O) groups is 3. The standard InChI is InChI=1S/C18H16FNO5/c1-24-15-7-5-12(6-8-15)16(21)11-25-17(22)10-20-18(23)13-3-2-4-14(19)9-13/h2-9H,10-11H2,1H3,(H,20,23). The molecule has 2 rings (SSSR count). The van der Waals surface area contributed by atoms with Crippen molar-refractivity contribution in [3.63, 3.8) is 0 Å². The predicted molar refractivity (Wildman–Crippen MR) is 87.0 cm³/mol. The van der Waals surface area contributed by atoms with Crippen LogP contribution in [-0.2, 0) is 9.53 Å². The number of esters is 1. The number of amides is 1. The second-order valence-electron chi connectivity index (χ2n) is 5.01. The van der Waals surface area contributed by atoms with Crippen LogP contribution in [0.4, 0.5) is 4.39 Å². The fraction of sp³-hybridized carbons (Fsp3) is 0.167. The van der Waals surface area contributed by atoms with Crippen molar-refractivity contribution in [1.82, 2.24) is 5.32 Å². The van der Waals surface area contributed by atoms with Gasteiger partial charge in [0.1, 0.15) is 18.1 Å². The lowest BCUT2D eigenvalue weighted by Crippen LogP contribution is -2.31. The smallest absolute Gasteiger partial charge is 0.325 e. The molecule has 2 aromatic carbocycles. The van der Waals surface area contributed by atoms with E-state index in [1.54, 1.807) is 24.3 Å². The molecule has 7 heteroatoms. The monoisotopic (exact) mass is 345 g/mol. The lowest BCUT2D eigenvalue weighted by molar-refractivity contribution is -0.141. The van der Waals surface area contributed by atoms with Gasteiger partial charge in [0.25, 0.3) is 5.91 Å². The van der Waals surface area contributed by atoms with E-state index in [4.69, 9.17) is 9.47 Å². The molecule has 0 atom stereocenters. The summed E-state index contributed by atoms with van der Waals surface area (Å²) in [5, 5.41) is 2.30. The maximum absolute atomic E-state index is 13.0. The zero-order valence-corrected chi connectivity index (χ0v) is 13.5. The van der Waals surface area contributed by atoms with Gasteiger partial charge < -0.3 is 14.8 Å². The fourth-order valence-corrected chi connectivity index (χ4v) is 1.94. The Hall–Kier alpha value is -3.22. The Morgan fingerprint density at radius 1 is 1.04 bits per heavy atom. The summed E-state index contributed by atoms with van der Waals surface area (Å²) in [5.74, 6) is -1.72. The summed E-state index contributed by atoms with van der Waals surface area (Å²) in [6, 6.07) is 11.4. The zero-order valence-electron chi connectivity index (χ0n) is 13.5. The number of ketones is 1. The Morgan fingerprint density at radius 3 is 2.40 bits per heavy atom. The second kappa shape index (κ2) is 8.58. The number of nitrogens with one attached hydrogen (secondary N) is 1. The van der Waals surface area contributed by atoms with E-state index in [0.29, 0.717) is 11.3 Å². The van der Waals surface area contributed by atoms with Crippen molar-refractivity contribution < 1.29 is 28.2 Å². The molecule has 1 N–H and O–H groups in total. The molecule has 2 aromatic rings. The van der Waals surface area contributed by atoms with E-state index >= 15 is 0 Å². The van der Waals surface area contributed by atoms with E-state index in [1.807, 2.05) is 0 Å². The van der Waals surface area contributed by atoms with Crippen LogP contribution < -0.4 is 10.1 Å². The lowest BCUT2D eigenvalue weighted by atomic mass is 10.1. The van der Waals surface area contributed by atoms with Crippen LogP contribution in [0.25, 0.3) is 0 Å². The average Bonchev–Trinajstić information content (AvgIpc) is 2.64. The minimum Gasteiger partial charge on any atom is -0.497 e. The third-order valence-electron chi connectivity index (χ3n) is 3.26. The summed E-state index contributed by atoms with van der Waals surface area (Å²) in [7, 11) is 1.51. The van der Waals surface area contributed by atoms with Crippen LogP contribution in [0.15, 0.2) is 48.5 Å². The molecule has 0 aliphatic rings. The third-order valence-corrected chi connectivity index (χ3v) is 3.26. The average molecular weight is 345 g/mol. The van der Waals surface area contributed by atoms with Crippen molar-refractivity contribution in [2.24, 2.45) is 0 Å². The topological polar surface area (TPSA) is 81.7 Å². The predicted octanol–water partition coefficient (Wildman–Crippen LogP) is 1.99. The van der Waals surface area contributed by atoms with Crippen LogP contribution in [0.5, 0.6) is 5.75 Å². The Morgan fingerprint density at radius 2 is 1.76 bits per heavy atom. The molecular formula is C18H16FNO5. The van der Waals surface area contributed by atoms with Crippen molar-refractivity contribution in [3.8, 4) is 5.75 Å². The number of methoxy groups -OCH3 is 1. The van der Waals surface area contributed by atoms with E-state index in [2.05, 4.69) is 5.32 Å². The van der Waals surface area contributed by atoms with E-state index in [0.717, 1.165) is 6.07 Å². The molecule has 0 radical (unpaired) electrons. The van der Waals surface area contributed by atoms with E-state index in [1.165, 1.54) is 25.3 Å². The van der Waals surface area contributed by atoms with Gasteiger partial charge in [-0.15, -0.1) is 0 Å². The van der Waals surface area contributed by atoms with E-state index < -0.39 is 30.8 Å². The summed E-state index contributed by atoms with van der Waals surface area (Å²) in [6.07, 6.45) is 0. The molecule has 0 unspecified atom stereocenters. The van der Waals surface area contributed by atoms with Crippen molar-refractivity contribution in [2.75, 3.05) is 20.3 Å². The molecule has 1 amide bonds. The molecule has 6 nitrogen and oxygen atoms in total. The quantitative estimate of drug-likeness (QED) is 0.613. The van der Waals surface area contributed by atoms with Crippen LogP contribution in [0, 0.1) is 5.82 Å². The Bertz CT molecular complexity index is 773. The summed E-state index contributed by atoms with van der Waals surface area (Å²) >= 11 is 0. The molecule has 0 aliphatic heterocycles. The second-order valence-corrected chi connectivity index (χ2v) is 5.01. The number of halogens is 1. The first-order valence-corrected chi connectivity index (χ1v) is 7.36. The van der Waals surface area contributed by atoms with Crippen molar-refractivity contribution >= 4 is 17.7 Å². The lowest BCUT2D eigenvalue weighted by Gasteiger charge is -2.07. The maximum atomic E-state index is 13.0. The highest BCUT2D eigenvalue weighted by molar-refractivity contribution is 5.98. The van der Waals surface area contributed by atoms with Crippen LogP contribution in [0.1, 0.15) is 20.7 Å². The van der Waals surface area contributed by atoms with Crippen LogP contribution in [-0.4, -0.2) is 37.9 Å². The minimum atomic E-state index is -0.772. The summed E-state index contributed by atoms with van der Waals surface area (Å²) in [6.45, 7) is -0.869. The van der Waals surface area contributed by atoms with Gasteiger partial charge in [-0.2, -0.15) is 0 Å². The minimum absolute atomic E-state index is 0.0853. The number of rotatable bonds is 7. The van der Waals surface area contributed by atoms with Crippen molar-refractivity contribution in [1.29, 1.82) is 0 Å². The first kappa shape index (κ1) is 18.1. The largest absolute Gasteiger partial charge is 0.497 e. The van der Waals surface area contributed by atoms with Crippen LogP contribution in [0.2, 0.25) is 0 Å². The number of hydrogen-bond acceptors (Lipinski definition) is 5. The molecule has 0 saturated carbocycles.